The summed E-state index contributed by atoms with van der Waals surface area (Å²) >= 11 is 0. The molecule has 2 aromatic rings. The van der Waals surface area contributed by atoms with Crippen LogP contribution in [0.5, 0.6) is 0 Å². The number of anilines is 1. The van der Waals surface area contributed by atoms with Gasteiger partial charge in [0, 0.05) is 7.11 Å². The molecule has 0 bridgehead atoms. The molecule has 0 saturated heterocycles. The van der Waals surface area contributed by atoms with Crippen LogP contribution in [0.1, 0.15) is 17.4 Å². The van der Waals surface area contributed by atoms with E-state index in [-0.39, 0.29) is 12.2 Å². The van der Waals surface area contributed by atoms with Gasteiger partial charge in [0.1, 0.15) is 11.9 Å². The van der Waals surface area contributed by atoms with Gasteiger partial charge in [-0.2, -0.15) is 13.2 Å². The van der Waals surface area contributed by atoms with Gasteiger partial charge in [0.15, 0.2) is 0 Å². The minimum absolute atomic E-state index is 0.0457. The molecular formula is C15H15F3N2O3. The second-order valence-corrected chi connectivity index (χ2v) is 4.62. The lowest BCUT2D eigenvalue weighted by atomic mass is 10.1. The molecule has 0 aliphatic carbocycles. The summed E-state index contributed by atoms with van der Waals surface area (Å²) in [4.78, 5) is 11.8. The van der Waals surface area contributed by atoms with Gasteiger partial charge in [-0.05, 0) is 24.3 Å². The summed E-state index contributed by atoms with van der Waals surface area (Å²) in [6.07, 6.45) is -3.62. The first kappa shape index (κ1) is 16.9. The second kappa shape index (κ2) is 7.19. The molecule has 1 aromatic carbocycles. The van der Waals surface area contributed by atoms with Gasteiger partial charge in [0.2, 0.25) is 0 Å². The fraction of sp³-hybridized carbons (Fsp3) is 0.267. The molecule has 0 aliphatic rings. The number of carbonyl (C=O) groups is 1. The van der Waals surface area contributed by atoms with E-state index in [0.717, 1.165) is 6.07 Å². The van der Waals surface area contributed by atoms with Crippen LogP contribution in [0.3, 0.4) is 0 Å². The molecule has 0 radical (unpaired) electrons. The number of ether oxygens (including phenoxy) is 1. The van der Waals surface area contributed by atoms with Crippen molar-refractivity contribution in [3.8, 4) is 0 Å². The number of amides is 2. The minimum Gasteiger partial charge on any atom is -0.467 e. The summed E-state index contributed by atoms with van der Waals surface area (Å²) in [6.45, 7) is 0.0457. The summed E-state index contributed by atoms with van der Waals surface area (Å²) in [7, 11) is 1.44. The Hall–Kier alpha value is -2.48. The molecule has 0 fully saturated rings. The number of carbonyl (C=O) groups excluding carboxylic acids is 1. The molecule has 2 rings (SSSR count). The second-order valence-electron chi connectivity index (χ2n) is 4.62. The van der Waals surface area contributed by atoms with Crippen LogP contribution in [-0.2, 0) is 10.9 Å². The van der Waals surface area contributed by atoms with E-state index in [0.29, 0.717) is 5.76 Å². The predicted octanol–water partition coefficient (Wildman–Crippen LogP) is 3.81. The zero-order valence-electron chi connectivity index (χ0n) is 12.2. The molecule has 1 heterocycles. The number of rotatable bonds is 5. The number of furan rings is 1. The maximum atomic E-state index is 12.8. The Morgan fingerprint density at radius 1 is 1.26 bits per heavy atom. The topological polar surface area (TPSA) is 63.5 Å². The molecule has 2 amide bonds. The third-order valence-electron chi connectivity index (χ3n) is 3.07. The highest BCUT2D eigenvalue weighted by atomic mass is 19.4. The molecule has 0 spiro atoms. The number of para-hydroxylation sites is 1. The van der Waals surface area contributed by atoms with Crippen molar-refractivity contribution >= 4 is 11.7 Å². The lowest BCUT2D eigenvalue weighted by Gasteiger charge is -2.16. The van der Waals surface area contributed by atoms with Gasteiger partial charge in [0.05, 0.1) is 24.1 Å². The molecule has 0 saturated carbocycles. The van der Waals surface area contributed by atoms with Gasteiger partial charge in [-0.3, -0.25) is 0 Å². The first-order valence-corrected chi connectivity index (χ1v) is 6.69. The SMILES string of the molecule is COC(CNC(=O)Nc1ccccc1C(F)(F)F)c1ccco1. The van der Waals surface area contributed by atoms with Gasteiger partial charge >= 0.3 is 12.2 Å². The summed E-state index contributed by atoms with van der Waals surface area (Å²) in [6, 6.07) is 7.32. The highest BCUT2D eigenvalue weighted by Crippen LogP contribution is 2.34. The van der Waals surface area contributed by atoms with Crippen LogP contribution in [0.25, 0.3) is 0 Å². The number of alkyl halides is 3. The van der Waals surface area contributed by atoms with E-state index in [2.05, 4.69) is 10.6 Å². The first-order chi connectivity index (χ1) is 10.9. The van der Waals surface area contributed by atoms with Crippen LogP contribution in [0.15, 0.2) is 47.1 Å². The number of nitrogens with one attached hydrogen (secondary N) is 2. The molecule has 23 heavy (non-hydrogen) atoms. The standard InChI is InChI=1S/C15H15F3N2O3/c1-22-13(12-7-4-8-23-12)9-19-14(21)20-11-6-3-2-5-10(11)15(16,17)18/h2-8,13H,9H2,1H3,(H2,19,20,21). The van der Waals surface area contributed by atoms with E-state index in [1.54, 1.807) is 12.1 Å². The number of urea groups is 1. The van der Waals surface area contributed by atoms with E-state index in [1.807, 2.05) is 0 Å². The Bertz CT molecular complexity index is 642. The monoisotopic (exact) mass is 328 g/mol. The van der Waals surface area contributed by atoms with Crippen LogP contribution in [0, 0.1) is 0 Å². The fourth-order valence-electron chi connectivity index (χ4n) is 1.97. The molecule has 1 aromatic heterocycles. The molecule has 0 aliphatic heterocycles. The van der Waals surface area contributed by atoms with Gasteiger partial charge in [0.25, 0.3) is 0 Å². The maximum absolute atomic E-state index is 12.8. The van der Waals surface area contributed by atoms with Crippen molar-refractivity contribution in [1.29, 1.82) is 0 Å². The molecule has 5 nitrogen and oxygen atoms in total. The van der Waals surface area contributed by atoms with Crippen molar-refractivity contribution < 1.29 is 27.1 Å². The van der Waals surface area contributed by atoms with E-state index in [4.69, 9.17) is 9.15 Å². The normalized spacial score (nSPS) is 12.7. The van der Waals surface area contributed by atoms with Crippen molar-refractivity contribution in [2.75, 3.05) is 19.0 Å². The molecule has 1 atom stereocenters. The van der Waals surface area contributed by atoms with Crippen LogP contribution < -0.4 is 10.6 Å². The summed E-state index contributed by atoms with van der Waals surface area (Å²) in [5, 5.41) is 4.63. The van der Waals surface area contributed by atoms with E-state index >= 15 is 0 Å². The lowest BCUT2D eigenvalue weighted by molar-refractivity contribution is -0.136. The third-order valence-corrected chi connectivity index (χ3v) is 3.07. The van der Waals surface area contributed by atoms with E-state index in [9.17, 15) is 18.0 Å². The minimum atomic E-state index is -4.55. The molecule has 1 unspecified atom stereocenters. The number of hydrogen-bond acceptors (Lipinski definition) is 3. The van der Waals surface area contributed by atoms with Crippen LogP contribution in [0.4, 0.5) is 23.7 Å². The van der Waals surface area contributed by atoms with Crippen molar-refractivity contribution in [2.24, 2.45) is 0 Å². The number of methoxy groups -OCH3 is 1. The Kier molecular flexibility index (Phi) is 5.28. The summed E-state index contributed by atoms with van der Waals surface area (Å²) in [5.74, 6) is 0.503. The average molecular weight is 328 g/mol. The summed E-state index contributed by atoms with van der Waals surface area (Å²) < 4.78 is 48.9. The maximum Gasteiger partial charge on any atom is 0.418 e. The number of halogens is 3. The lowest BCUT2D eigenvalue weighted by Crippen LogP contribution is -2.33. The molecule has 2 N–H and O–H groups in total. The number of hydrogen-bond donors (Lipinski definition) is 2. The van der Waals surface area contributed by atoms with Crippen molar-refractivity contribution in [1.82, 2.24) is 5.32 Å². The predicted molar refractivity (Wildman–Crippen MR) is 76.9 cm³/mol. The average Bonchev–Trinajstić information content (AvgIpc) is 3.01. The largest absolute Gasteiger partial charge is 0.467 e. The van der Waals surface area contributed by atoms with Gasteiger partial charge < -0.3 is 19.8 Å². The van der Waals surface area contributed by atoms with Gasteiger partial charge in [-0.1, -0.05) is 12.1 Å². The zero-order valence-corrected chi connectivity index (χ0v) is 12.2. The van der Waals surface area contributed by atoms with Gasteiger partial charge in [-0.25, -0.2) is 4.79 Å². The first-order valence-electron chi connectivity index (χ1n) is 6.69. The Morgan fingerprint density at radius 3 is 2.61 bits per heavy atom. The quantitative estimate of drug-likeness (QED) is 0.877. The molecule has 124 valence electrons. The van der Waals surface area contributed by atoms with Crippen molar-refractivity contribution in [2.45, 2.75) is 12.3 Å². The fourth-order valence-corrected chi connectivity index (χ4v) is 1.97. The highest BCUT2D eigenvalue weighted by molar-refractivity contribution is 5.90. The van der Waals surface area contributed by atoms with Crippen molar-refractivity contribution in [3.05, 3.63) is 54.0 Å². The van der Waals surface area contributed by atoms with Crippen LogP contribution in [0.2, 0.25) is 0 Å². The highest BCUT2D eigenvalue weighted by Gasteiger charge is 2.33. The van der Waals surface area contributed by atoms with E-state index in [1.165, 1.54) is 31.6 Å². The molecular weight excluding hydrogens is 313 g/mol. The van der Waals surface area contributed by atoms with E-state index < -0.39 is 23.9 Å². The summed E-state index contributed by atoms with van der Waals surface area (Å²) in [5.41, 5.74) is -1.23. The molecule has 8 heteroatoms. The number of benzene rings is 1. The van der Waals surface area contributed by atoms with Crippen LogP contribution in [-0.4, -0.2) is 19.7 Å². The zero-order chi connectivity index (χ0) is 16.9. The van der Waals surface area contributed by atoms with Gasteiger partial charge in [-0.15, -0.1) is 0 Å². The third kappa shape index (κ3) is 4.49. The Labute approximate surface area is 130 Å². The Balaban J connectivity index is 1.98. The smallest absolute Gasteiger partial charge is 0.418 e. The Morgan fingerprint density at radius 2 is 2.00 bits per heavy atom. The van der Waals surface area contributed by atoms with Crippen LogP contribution >= 0.6 is 0 Å². The van der Waals surface area contributed by atoms with Crippen molar-refractivity contribution in [3.63, 3.8) is 0 Å².